The molecule has 0 spiro atoms. The summed E-state index contributed by atoms with van der Waals surface area (Å²) < 4.78 is 5.56. The molecule has 0 bridgehead atoms. The summed E-state index contributed by atoms with van der Waals surface area (Å²) in [4.78, 5) is 20.5. The van der Waals surface area contributed by atoms with Crippen LogP contribution in [0.4, 0.5) is 5.69 Å². The van der Waals surface area contributed by atoms with Gasteiger partial charge in [0.25, 0.3) is 0 Å². The molecule has 0 unspecified atom stereocenters. The van der Waals surface area contributed by atoms with Crippen LogP contribution in [0.5, 0.6) is 0 Å². The summed E-state index contributed by atoms with van der Waals surface area (Å²) >= 11 is 12.3. The van der Waals surface area contributed by atoms with Crippen molar-refractivity contribution < 1.29 is 9.53 Å². The van der Waals surface area contributed by atoms with Crippen LogP contribution in [0, 0.1) is 0 Å². The van der Waals surface area contributed by atoms with Crippen LogP contribution in [-0.4, -0.2) is 48.1 Å². The summed E-state index contributed by atoms with van der Waals surface area (Å²) in [6.45, 7) is 4.60. The van der Waals surface area contributed by atoms with Gasteiger partial charge in [-0.3, -0.25) is 9.78 Å². The zero-order valence-corrected chi connectivity index (χ0v) is 16.1. The molecule has 0 radical (unpaired) electrons. The first-order valence-corrected chi connectivity index (χ1v) is 9.26. The van der Waals surface area contributed by atoms with Gasteiger partial charge < -0.3 is 14.5 Å². The van der Waals surface area contributed by atoms with Crippen molar-refractivity contribution in [1.82, 2.24) is 9.88 Å². The molecule has 1 atom stereocenters. The molecule has 0 aliphatic carbocycles. The molecule has 1 fully saturated rings. The van der Waals surface area contributed by atoms with E-state index in [1.54, 1.807) is 18.5 Å². The number of piperazine rings is 1. The lowest BCUT2D eigenvalue weighted by molar-refractivity contribution is -0.139. The van der Waals surface area contributed by atoms with Gasteiger partial charge in [-0.05, 0) is 42.8 Å². The Balaban J connectivity index is 1.52. The molecule has 138 valence electrons. The largest absolute Gasteiger partial charge is 0.367 e. The molecule has 3 rings (SSSR count). The molecule has 2 heterocycles. The highest BCUT2D eigenvalue weighted by Gasteiger charge is 2.28. The summed E-state index contributed by atoms with van der Waals surface area (Å²) in [6, 6.07) is 9.33. The summed E-state index contributed by atoms with van der Waals surface area (Å²) in [5.74, 6) is 0.00779. The number of hydrogen-bond donors (Lipinski definition) is 0. The van der Waals surface area contributed by atoms with Gasteiger partial charge in [-0.2, -0.15) is 0 Å². The number of ether oxygens (including phenoxy) is 1. The number of hydrogen-bond acceptors (Lipinski definition) is 4. The monoisotopic (exact) mass is 393 g/mol. The van der Waals surface area contributed by atoms with Crippen molar-refractivity contribution in [3.8, 4) is 0 Å². The molecule has 26 heavy (non-hydrogen) atoms. The predicted octanol–water partition coefficient (Wildman–Crippen LogP) is 3.64. The highest BCUT2D eigenvalue weighted by Crippen LogP contribution is 2.30. The number of anilines is 1. The molecule has 1 saturated heterocycles. The number of carbonyl (C=O) groups excluding carboxylic acids is 1. The highest BCUT2D eigenvalue weighted by molar-refractivity contribution is 6.36. The molecule has 7 heteroatoms. The van der Waals surface area contributed by atoms with E-state index in [0.29, 0.717) is 23.2 Å². The summed E-state index contributed by atoms with van der Waals surface area (Å²) in [5, 5.41) is 1.25. The maximum absolute atomic E-state index is 12.5. The van der Waals surface area contributed by atoms with Crippen molar-refractivity contribution in [1.29, 1.82) is 0 Å². The third-order valence-corrected chi connectivity index (χ3v) is 4.98. The van der Waals surface area contributed by atoms with Crippen molar-refractivity contribution in [3.05, 3.63) is 58.3 Å². The molecular formula is C19H21Cl2N3O2. The van der Waals surface area contributed by atoms with E-state index in [4.69, 9.17) is 27.9 Å². The number of carbonyl (C=O) groups is 1. The van der Waals surface area contributed by atoms with Gasteiger partial charge in [0, 0.05) is 43.1 Å². The third-order valence-electron chi connectivity index (χ3n) is 4.44. The number of halogens is 2. The van der Waals surface area contributed by atoms with Crippen molar-refractivity contribution in [2.75, 3.05) is 31.1 Å². The van der Waals surface area contributed by atoms with Gasteiger partial charge in [0.05, 0.1) is 17.3 Å². The van der Waals surface area contributed by atoms with Gasteiger partial charge in [0.15, 0.2) is 0 Å². The molecule has 1 aliphatic rings. The number of nitrogens with zero attached hydrogens (tertiary/aromatic N) is 3. The Kier molecular flexibility index (Phi) is 6.35. The topological polar surface area (TPSA) is 45.7 Å². The van der Waals surface area contributed by atoms with Crippen LogP contribution >= 0.6 is 23.2 Å². The zero-order valence-electron chi connectivity index (χ0n) is 14.6. The predicted molar refractivity (Wildman–Crippen MR) is 104 cm³/mol. The van der Waals surface area contributed by atoms with E-state index in [0.717, 1.165) is 24.3 Å². The highest BCUT2D eigenvalue weighted by atomic mass is 35.5. The van der Waals surface area contributed by atoms with E-state index in [1.165, 1.54) is 0 Å². The van der Waals surface area contributed by atoms with Crippen LogP contribution in [0.3, 0.4) is 0 Å². The summed E-state index contributed by atoms with van der Waals surface area (Å²) in [6.07, 6.45) is 3.42. The minimum absolute atomic E-state index is 0.00779. The van der Waals surface area contributed by atoms with E-state index in [-0.39, 0.29) is 18.6 Å². The number of aromatic nitrogens is 1. The molecule has 2 aromatic rings. The molecule has 0 saturated carbocycles. The number of pyridine rings is 1. The van der Waals surface area contributed by atoms with Crippen molar-refractivity contribution >= 4 is 34.8 Å². The number of rotatable bonds is 5. The van der Waals surface area contributed by atoms with Gasteiger partial charge in [-0.1, -0.05) is 23.2 Å². The van der Waals surface area contributed by atoms with Crippen LogP contribution in [0.25, 0.3) is 0 Å². The first kappa shape index (κ1) is 19.0. The average Bonchev–Trinajstić information content (AvgIpc) is 2.62. The summed E-state index contributed by atoms with van der Waals surface area (Å²) in [7, 11) is 0. The van der Waals surface area contributed by atoms with Gasteiger partial charge in [-0.25, -0.2) is 0 Å². The maximum atomic E-state index is 12.5. The van der Waals surface area contributed by atoms with Crippen molar-refractivity contribution in [2.24, 2.45) is 0 Å². The van der Waals surface area contributed by atoms with Gasteiger partial charge in [0.1, 0.15) is 6.61 Å². The second-order valence-corrected chi connectivity index (χ2v) is 7.17. The van der Waals surface area contributed by atoms with E-state index in [9.17, 15) is 4.79 Å². The molecule has 1 amide bonds. The van der Waals surface area contributed by atoms with Crippen LogP contribution < -0.4 is 4.90 Å². The summed E-state index contributed by atoms with van der Waals surface area (Å²) in [5.41, 5.74) is 1.95. The molecule has 5 nitrogen and oxygen atoms in total. The zero-order chi connectivity index (χ0) is 18.5. The SMILES string of the molecule is C[C@H]1CN(c2ccc(Cl)cc2Cl)CCN1C(=O)COCc1ccncc1. The van der Waals surface area contributed by atoms with E-state index >= 15 is 0 Å². The number of amides is 1. The van der Waals surface area contributed by atoms with E-state index < -0.39 is 0 Å². The van der Waals surface area contributed by atoms with Crippen molar-refractivity contribution in [2.45, 2.75) is 19.6 Å². The lowest BCUT2D eigenvalue weighted by atomic mass is 10.1. The molecule has 1 aromatic carbocycles. The molecule has 0 N–H and O–H groups in total. The Hall–Kier alpha value is -1.82. The second-order valence-electron chi connectivity index (χ2n) is 6.33. The van der Waals surface area contributed by atoms with E-state index in [2.05, 4.69) is 9.88 Å². The fourth-order valence-electron chi connectivity index (χ4n) is 3.10. The Morgan fingerprint density at radius 2 is 2.00 bits per heavy atom. The van der Waals surface area contributed by atoms with E-state index in [1.807, 2.05) is 36.1 Å². The fourth-order valence-corrected chi connectivity index (χ4v) is 3.63. The smallest absolute Gasteiger partial charge is 0.248 e. The molecule has 1 aromatic heterocycles. The van der Waals surface area contributed by atoms with Gasteiger partial charge in [-0.15, -0.1) is 0 Å². The Morgan fingerprint density at radius 1 is 1.23 bits per heavy atom. The quantitative estimate of drug-likeness (QED) is 0.777. The average molecular weight is 394 g/mol. The third kappa shape index (κ3) is 4.67. The van der Waals surface area contributed by atoms with Crippen LogP contribution in [0.1, 0.15) is 12.5 Å². The fraction of sp³-hybridized carbons (Fsp3) is 0.368. The Morgan fingerprint density at radius 3 is 2.69 bits per heavy atom. The van der Waals surface area contributed by atoms with Crippen LogP contribution in [-0.2, 0) is 16.1 Å². The van der Waals surface area contributed by atoms with Gasteiger partial charge >= 0.3 is 0 Å². The normalized spacial score (nSPS) is 17.4. The van der Waals surface area contributed by atoms with Crippen LogP contribution in [0.15, 0.2) is 42.7 Å². The lowest BCUT2D eigenvalue weighted by Gasteiger charge is -2.41. The number of benzene rings is 1. The first-order valence-electron chi connectivity index (χ1n) is 8.50. The second kappa shape index (κ2) is 8.71. The standard InChI is InChI=1S/C19H21Cl2N3O2/c1-14-11-23(18-3-2-16(20)10-17(18)21)8-9-24(14)19(25)13-26-12-15-4-6-22-7-5-15/h2-7,10,14H,8-9,11-13H2,1H3/t14-/m0/s1. The molecular weight excluding hydrogens is 373 g/mol. The maximum Gasteiger partial charge on any atom is 0.248 e. The first-order chi connectivity index (χ1) is 12.5. The Labute approximate surface area is 163 Å². The molecule has 1 aliphatic heterocycles. The minimum atomic E-state index is 0.00779. The van der Waals surface area contributed by atoms with Crippen molar-refractivity contribution in [3.63, 3.8) is 0 Å². The van der Waals surface area contributed by atoms with Crippen LogP contribution in [0.2, 0.25) is 10.0 Å². The Bertz CT molecular complexity index is 758. The lowest BCUT2D eigenvalue weighted by Crippen LogP contribution is -2.55. The minimum Gasteiger partial charge on any atom is -0.367 e. The van der Waals surface area contributed by atoms with Gasteiger partial charge in [0.2, 0.25) is 5.91 Å².